The predicted octanol–water partition coefficient (Wildman–Crippen LogP) is 3.55. The monoisotopic (exact) mass is 360 g/mol. The lowest BCUT2D eigenvalue weighted by Gasteiger charge is -2.22. The normalized spacial score (nSPS) is 23.6. The Morgan fingerprint density at radius 3 is 3.00 bits per heavy atom. The summed E-state index contributed by atoms with van der Waals surface area (Å²) in [5.41, 5.74) is 0. The van der Waals surface area contributed by atoms with Crippen molar-refractivity contribution >= 4 is 51.3 Å². The summed E-state index contributed by atoms with van der Waals surface area (Å²) in [4.78, 5) is 15.2. The Labute approximate surface area is 142 Å². The molecule has 7 heteroatoms. The van der Waals surface area contributed by atoms with Crippen molar-refractivity contribution in [3.8, 4) is 0 Å². The molecule has 2 fully saturated rings. The van der Waals surface area contributed by atoms with Crippen LogP contribution < -0.4 is 5.32 Å². The molecule has 1 N–H and O–H groups in total. The largest absolute Gasteiger partial charge is 0.333 e. The summed E-state index contributed by atoms with van der Waals surface area (Å²) in [7, 11) is 0. The molecule has 2 aromatic rings. The molecule has 2 atom stereocenters. The average molecular weight is 361 g/mol. The van der Waals surface area contributed by atoms with Crippen LogP contribution in [0.2, 0.25) is 5.02 Å². The SMILES string of the molecule is Cl.O=C(c1sc2cccc(F)c2c1Cl)N1CC[C@H]2CNC[C@H]21. The number of hydrogen-bond acceptors (Lipinski definition) is 3. The Balaban J connectivity index is 0.00000144. The van der Waals surface area contributed by atoms with E-state index in [0.29, 0.717) is 16.2 Å². The van der Waals surface area contributed by atoms with Gasteiger partial charge in [0.2, 0.25) is 0 Å². The van der Waals surface area contributed by atoms with E-state index in [1.807, 2.05) is 4.90 Å². The fourth-order valence-corrected chi connectivity index (χ4v) is 4.95. The highest BCUT2D eigenvalue weighted by Crippen LogP contribution is 2.39. The minimum atomic E-state index is -0.366. The van der Waals surface area contributed by atoms with Crippen molar-refractivity contribution in [1.82, 2.24) is 10.2 Å². The quantitative estimate of drug-likeness (QED) is 0.843. The minimum absolute atomic E-state index is 0. The van der Waals surface area contributed by atoms with Gasteiger partial charge in [-0.25, -0.2) is 4.39 Å². The predicted molar refractivity (Wildman–Crippen MR) is 89.8 cm³/mol. The van der Waals surface area contributed by atoms with Crippen molar-refractivity contribution in [2.75, 3.05) is 19.6 Å². The first-order valence-corrected chi connectivity index (χ1v) is 8.24. The first-order valence-electron chi connectivity index (χ1n) is 7.05. The van der Waals surface area contributed by atoms with Crippen LogP contribution in [0.1, 0.15) is 16.1 Å². The molecular formula is C15H15Cl2FN2OS. The van der Waals surface area contributed by atoms with Crippen molar-refractivity contribution < 1.29 is 9.18 Å². The van der Waals surface area contributed by atoms with E-state index in [-0.39, 0.29) is 35.2 Å². The number of nitrogens with zero attached hydrogens (tertiary/aromatic N) is 1. The van der Waals surface area contributed by atoms with Gasteiger partial charge < -0.3 is 10.2 Å². The molecule has 3 nitrogen and oxygen atoms in total. The second kappa shape index (κ2) is 5.96. The van der Waals surface area contributed by atoms with E-state index in [1.54, 1.807) is 12.1 Å². The van der Waals surface area contributed by atoms with Crippen LogP contribution in [0.4, 0.5) is 4.39 Å². The van der Waals surface area contributed by atoms with Crippen LogP contribution in [-0.4, -0.2) is 36.5 Å². The second-order valence-corrected chi connectivity index (χ2v) is 7.06. The van der Waals surface area contributed by atoms with Crippen molar-refractivity contribution in [3.05, 3.63) is 33.9 Å². The zero-order valence-corrected chi connectivity index (χ0v) is 14.0. The standard InChI is InChI=1S/C15H14ClFN2OS.ClH/c16-13-12-9(17)2-1-3-11(12)21-14(13)15(20)19-5-4-8-6-18-7-10(8)19;/h1-3,8,10,18H,4-7H2;1H/t8-,10+;/m0./s1. The van der Waals surface area contributed by atoms with Crippen LogP contribution in [-0.2, 0) is 0 Å². The third-order valence-corrected chi connectivity index (χ3v) is 6.14. The van der Waals surface area contributed by atoms with E-state index < -0.39 is 0 Å². The summed E-state index contributed by atoms with van der Waals surface area (Å²) in [5, 5.41) is 3.95. The Morgan fingerprint density at radius 2 is 2.23 bits per heavy atom. The molecule has 1 aromatic carbocycles. The number of carbonyl (C=O) groups is 1. The molecule has 1 amide bonds. The third kappa shape index (κ3) is 2.31. The van der Waals surface area contributed by atoms with Crippen LogP contribution in [0.5, 0.6) is 0 Å². The number of hydrogen-bond donors (Lipinski definition) is 1. The summed E-state index contributed by atoms with van der Waals surface area (Å²) in [6.45, 7) is 2.58. The van der Waals surface area contributed by atoms with Crippen molar-refractivity contribution in [2.45, 2.75) is 12.5 Å². The molecule has 0 unspecified atom stereocenters. The number of benzene rings is 1. The van der Waals surface area contributed by atoms with Gasteiger partial charge in [0.05, 0.1) is 5.02 Å². The highest BCUT2D eigenvalue weighted by atomic mass is 35.5. The fraction of sp³-hybridized carbons (Fsp3) is 0.400. The lowest BCUT2D eigenvalue weighted by molar-refractivity contribution is 0.0742. The summed E-state index contributed by atoms with van der Waals surface area (Å²) in [5.74, 6) is 0.116. The van der Waals surface area contributed by atoms with Gasteiger partial charge in [0.1, 0.15) is 10.7 Å². The molecule has 0 saturated carbocycles. The van der Waals surface area contributed by atoms with E-state index in [0.717, 1.165) is 30.8 Å². The number of likely N-dealkylation sites (tertiary alicyclic amines) is 1. The molecular weight excluding hydrogens is 346 g/mol. The van der Waals surface area contributed by atoms with Gasteiger partial charge in [0.25, 0.3) is 5.91 Å². The number of thiophene rings is 1. The minimum Gasteiger partial charge on any atom is -0.333 e. The number of carbonyl (C=O) groups excluding carboxylic acids is 1. The van der Waals surface area contributed by atoms with E-state index in [4.69, 9.17) is 11.6 Å². The number of nitrogens with one attached hydrogen (secondary N) is 1. The summed E-state index contributed by atoms with van der Waals surface area (Å²) in [6.07, 6.45) is 1.03. The van der Waals surface area contributed by atoms with E-state index in [9.17, 15) is 9.18 Å². The van der Waals surface area contributed by atoms with E-state index >= 15 is 0 Å². The highest BCUT2D eigenvalue weighted by Gasteiger charge is 2.41. The molecule has 3 heterocycles. The van der Waals surface area contributed by atoms with Gasteiger partial charge in [-0.2, -0.15) is 0 Å². The Hall–Kier alpha value is -0.880. The van der Waals surface area contributed by atoms with Crippen LogP contribution in [0.15, 0.2) is 18.2 Å². The molecule has 0 aliphatic carbocycles. The summed E-state index contributed by atoms with van der Waals surface area (Å²) < 4.78 is 14.6. The smallest absolute Gasteiger partial charge is 0.265 e. The summed E-state index contributed by atoms with van der Waals surface area (Å²) in [6, 6.07) is 5.08. The Kier molecular flexibility index (Phi) is 4.34. The third-order valence-electron chi connectivity index (χ3n) is 4.51. The van der Waals surface area contributed by atoms with Crippen molar-refractivity contribution in [2.24, 2.45) is 5.92 Å². The van der Waals surface area contributed by atoms with Gasteiger partial charge in [-0.3, -0.25) is 4.79 Å². The lowest BCUT2D eigenvalue weighted by Crippen LogP contribution is -2.38. The molecule has 0 spiro atoms. The van der Waals surface area contributed by atoms with Crippen LogP contribution in [0.25, 0.3) is 10.1 Å². The Bertz CT molecular complexity index is 736. The van der Waals surface area contributed by atoms with Crippen LogP contribution in [0.3, 0.4) is 0 Å². The average Bonchev–Trinajstić information content (AvgIpc) is 3.12. The highest BCUT2D eigenvalue weighted by molar-refractivity contribution is 7.21. The maximum Gasteiger partial charge on any atom is 0.265 e. The maximum absolute atomic E-state index is 13.9. The van der Waals surface area contributed by atoms with Gasteiger partial charge in [-0.1, -0.05) is 17.7 Å². The maximum atomic E-state index is 13.9. The fourth-order valence-electron chi connectivity index (χ4n) is 3.44. The number of amides is 1. The van der Waals surface area contributed by atoms with E-state index in [2.05, 4.69) is 5.32 Å². The first-order chi connectivity index (χ1) is 10.2. The molecule has 0 radical (unpaired) electrons. The van der Waals surface area contributed by atoms with Crippen LogP contribution in [0, 0.1) is 11.7 Å². The van der Waals surface area contributed by atoms with Gasteiger partial charge in [0.15, 0.2) is 0 Å². The summed E-state index contributed by atoms with van der Waals surface area (Å²) >= 11 is 7.57. The molecule has 118 valence electrons. The topological polar surface area (TPSA) is 32.3 Å². The molecule has 22 heavy (non-hydrogen) atoms. The molecule has 1 aromatic heterocycles. The lowest BCUT2D eigenvalue weighted by atomic mass is 10.1. The number of rotatable bonds is 1. The van der Waals surface area contributed by atoms with E-state index in [1.165, 1.54) is 17.4 Å². The number of halogens is 3. The van der Waals surface area contributed by atoms with Gasteiger partial charge in [-0.15, -0.1) is 23.7 Å². The van der Waals surface area contributed by atoms with Crippen molar-refractivity contribution in [1.29, 1.82) is 0 Å². The molecule has 2 saturated heterocycles. The second-order valence-electron chi connectivity index (χ2n) is 5.63. The molecule has 4 rings (SSSR count). The number of fused-ring (bicyclic) bond motifs is 2. The van der Waals surface area contributed by atoms with Gasteiger partial charge in [-0.05, 0) is 24.5 Å². The first kappa shape index (κ1) is 16.0. The Morgan fingerprint density at radius 1 is 1.41 bits per heavy atom. The van der Waals surface area contributed by atoms with Gasteiger partial charge >= 0.3 is 0 Å². The molecule has 2 aliphatic heterocycles. The molecule has 2 aliphatic rings. The zero-order valence-electron chi connectivity index (χ0n) is 11.6. The van der Waals surface area contributed by atoms with Crippen molar-refractivity contribution in [3.63, 3.8) is 0 Å². The zero-order chi connectivity index (χ0) is 14.6. The molecule has 0 bridgehead atoms. The van der Waals surface area contributed by atoms with Gasteiger partial charge in [0, 0.05) is 35.8 Å². The van der Waals surface area contributed by atoms with Crippen LogP contribution >= 0.6 is 35.3 Å².